The van der Waals surface area contributed by atoms with Gasteiger partial charge in [0.25, 0.3) is 5.69 Å². The maximum absolute atomic E-state index is 13.8. The summed E-state index contributed by atoms with van der Waals surface area (Å²) in [6.45, 7) is 0. The first kappa shape index (κ1) is 13.2. The molecule has 0 N–H and O–H groups in total. The summed E-state index contributed by atoms with van der Waals surface area (Å²) in [4.78, 5) is 20.8. The molecule has 1 heterocycles. The van der Waals surface area contributed by atoms with E-state index < -0.39 is 10.7 Å². The van der Waals surface area contributed by atoms with E-state index in [2.05, 4.69) is 5.10 Å². The van der Waals surface area contributed by atoms with Crippen LogP contribution in [0.3, 0.4) is 0 Å². The van der Waals surface area contributed by atoms with Crippen LogP contribution < -0.4 is 0 Å². The fraction of sp³-hybridized carbons (Fsp3) is 0.0909. The lowest BCUT2D eigenvalue weighted by Crippen LogP contribution is -1.94. The second-order valence-electron chi connectivity index (χ2n) is 3.72. The normalized spacial score (nSPS) is 10.5. The van der Waals surface area contributed by atoms with Crippen LogP contribution in [0.15, 0.2) is 18.2 Å². The van der Waals surface area contributed by atoms with Crippen LogP contribution >= 0.6 is 11.6 Å². The van der Waals surface area contributed by atoms with Crippen LogP contribution in [0.1, 0.15) is 10.4 Å². The van der Waals surface area contributed by atoms with Crippen molar-refractivity contribution in [2.24, 2.45) is 7.05 Å². The van der Waals surface area contributed by atoms with Crippen LogP contribution in [-0.2, 0) is 7.05 Å². The van der Waals surface area contributed by atoms with Gasteiger partial charge in [-0.2, -0.15) is 5.10 Å². The average molecular weight is 284 g/mol. The Bertz CT molecular complexity index is 684. The van der Waals surface area contributed by atoms with Crippen LogP contribution in [0.2, 0.25) is 5.15 Å². The minimum Gasteiger partial charge on any atom is -0.298 e. The van der Waals surface area contributed by atoms with E-state index in [-0.39, 0.29) is 27.7 Å². The van der Waals surface area contributed by atoms with Gasteiger partial charge in [-0.25, -0.2) is 4.39 Å². The Hall–Kier alpha value is -2.28. The fourth-order valence-corrected chi connectivity index (χ4v) is 1.80. The Morgan fingerprint density at radius 1 is 1.53 bits per heavy atom. The highest BCUT2D eigenvalue weighted by Crippen LogP contribution is 2.30. The number of carbonyl (C=O) groups excluding carboxylic acids is 1. The van der Waals surface area contributed by atoms with Gasteiger partial charge < -0.3 is 0 Å². The monoisotopic (exact) mass is 283 g/mol. The van der Waals surface area contributed by atoms with Gasteiger partial charge in [-0.1, -0.05) is 11.6 Å². The molecule has 0 atom stereocenters. The first-order valence-electron chi connectivity index (χ1n) is 5.07. The van der Waals surface area contributed by atoms with Gasteiger partial charge in [-0.05, 0) is 6.07 Å². The van der Waals surface area contributed by atoms with Crippen molar-refractivity contribution in [1.82, 2.24) is 9.78 Å². The molecule has 19 heavy (non-hydrogen) atoms. The molecule has 0 bridgehead atoms. The van der Waals surface area contributed by atoms with Gasteiger partial charge in [0.15, 0.2) is 6.29 Å². The highest BCUT2D eigenvalue weighted by molar-refractivity contribution is 6.32. The number of nitrogens with zero attached hydrogens (tertiary/aromatic N) is 3. The second-order valence-corrected chi connectivity index (χ2v) is 4.07. The Morgan fingerprint density at radius 2 is 2.21 bits per heavy atom. The van der Waals surface area contributed by atoms with E-state index in [4.69, 9.17) is 11.6 Å². The molecule has 0 amide bonds. The predicted molar refractivity (Wildman–Crippen MR) is 65.7 cm³/mol. The molecule has 1 aromatic carbocycles. The summed E-state index contributed by atoms with van der Waals surface area (Å²) >= 11 is 5.84. The summed E-state index contributed by atoms with van der Waals surface area (Å²) in [7, 11) is 1.50. The molecule has 2 aromatic rings. The van der Waals surface area contributed by atoms with Crippen molar-refractivity contribution in [3.05, 3.63) is 44.8 Å². The maximum Gasteiger partial charge on any atom is 0.272 e. The van der Waals surface area contributed by atoms with E-state index in [0.717, 1.165) is 12.1 Å². The highest BCUT2D eigenvalue weighted by atomic mass is 35.5. The van der Waals surface area contributed by atoms with Crippen LogP contribution in [0.5, 0.6) is 0 Å². The first-order chi connectivity index (χ1) is 8.95. The zero-order valence-electron chi connectivity index (χ0n) is 9.63. The van der Waals surface area contributed by atoms with E-state index in [1.54, 1.807) is 0 Å². The third-order valence-corrected chi connectivity index (χ3v) is 3.00. The number of carbonyl (C=O) groups is 1. The van der Waals surface area contributed by atoms with E-state index in [1.165, 1.54) is 17.8 Å². The van der Waals surface area contributed by atoms with E-state index in [9.17, 15) is 19.3 Å². The topological polar surface area (TPSA) is 78.0 Å². The standard InChI is InChI=1S/C11H7ClFN3O3/c1-15-11(12)8(5-17)10(14-15)7-3-2-6(16(18)19)4-9(7)13/h2-5H,1H3. The molecule has 0 saturated heterocycles. The number of aldehydes is 1. The summed E-state index contributed by atoms with van der Waals surface area (Å²) in [6.07, 6.45) is 0.464. The molecular weight excluding hydrogens is 277 g/mol. The molecule has 1 aromatic heterocycles. The summed E-state index contributed by atoms with van der Waals surface area (Å²) < 4.78 is 15.1. The molecule has 0 spiro atoms. The van der Waals surface area contributed by atoms with Crippen LogP contribution in [-0.4, -0.2) is 21.0 Å². The van der Waals surface area contributed by atoms with Crippen LogP contribution in [0, 0.1) is 15.9 Å². The SMILES string of the molecule is Cn1nc(-c2ccc([N+](=O)[O-])cc2F)c(C=O)c1Cl. The van der Waals surface area contributed by atoms with Gasteiger partial charge in [-0.15, -0.1) is 0 Å². The molecule has 0 aliphatic carbocycles. The van der Waals surface area contributed by atoms with Gasteiger partial charge in [0.1, 0.15) is 16.7 Å². The largest absolute Gasteiger partial charge is 0.298 e. The Balaban J connectivity index is 2.63. The van der Waals surface area contributed by atoms with Gasteiger partial charge in [0.05, 0.1) is 16.6 Å². The van der Waals surface area contributed by atoms with Crippen molar-refractivity contribution in [3.8, 4) is 11.3 Å². The molecule has 0 aliphatic heterocycles. The van der Waals surface area contributed by atoms with Crippen LogP contribution in [0.25, 0.3) is 11.3 Å². The lowest BCUT2D eigenvalue weighted by Gasteiger charge is -2.00. The molecule has 2 rings (SSSR count). The molecule has 98 valence electrons. The summed E-state index contributed by atoms with van der Waals surface area (Å²) in [5.74, 6) is -0.841. The van der Waals surface area contributed by atoms with Crippen molar-refractivity contribution in [1.29, 1.82) is 0 Å². The zero-order valence-corrected chi connectivity index (χ0v) is 10.4. The summed E-state index contributed by atoms with van der Waals surface area (Å²) in [5.41, 5.74) is -0.307. The lowest BCUT2D eigenvalue weighted by molar-refractivity contribution is -0.385. The molecule has 8 heteroatoms. The molecular formula is C11H7ClFN3O3. The number of halogens is 2. The van der Waals surface area contributed by atoms with Crippen molar-refractivity contribution in [2.75, 3.05) is 0 Å². The minimum absolute atomic E-state index is 0.0183. The van der Waals surface area contributed by atoms with Gasteiger partial charge in [0.2, 0.25) is 0 Å². The molecule has 0 saturated carbocycles. The Kier molecular flexibility index (Phi) is 3.30. The number of hydrogen-bond donors (Lipinski definition) is 0. The van der Waals surface area contributed by atoms with Crippen molar-refractivity contribution < 1.29 is 14.1 Å². The van der Waals surface area contributed by atoms with Gasteiger partial charge in [-0.3, -0.25) is 19.6 Å². The Morgan fingerprint density at radius 3 is 2.74 bits per heavy atom. The van der Waals surface area contributed by atoms with Crippen molar-refractivity contribution >= 4 is 23.6 Å². The number of non-ortho nitro benzene ring substituents is 1. The number of hydrogen-bond acceptors (Lipinski definition) is 4. The number of rotatable bonds is 3. The fourth-order valence-electron chi connectivity index (χ4n) is 1.63. The van der Waals surface area contributed by atoms with Gasteiger partial charge >= 0.3 is 0 Å². The number of aryl methyl sites for hydroxylation is 1. The Labute approximate surface area is 111 Å². The minimum atomic E-state index is -0.841. The number of nitro benzene ring substituents is 1. The van der Waals surface area contributed by atoms with Crippen LogP contribution in [0.4, 0.5) is 10.1 Å². The maximum atomic E-state index is 13.8. The summed E-state index contributed by atoms with van der Waals surface area (Å²) in [5, 5.41) is 14.5. The number of aromatic nitrogens is 2. The zero-order chi connectivity index (χ0) is 14.2. The molecule has 0 unspecified atom stereocenters. The quantitative estimate of drug-likeness (QED) is 0.493. The third-order valence-electron chi connectivity index (χ3n) is 2.55. The van der Waals surface area contributed by atoms with E-state index >= 15 is 0 Å². The number of benzene rings is 1. The van der Waals surface area contributed by atoms with E-state index in [1.807, 2.05) is 0 Å². The van der Waals surface area contributed by atoms with Crippen molar-refractivity contribution in [3.63, 3.8) is 0 Å². The van der Waals surface area contributed by atoms with Crippen molar-refractivity contribution in [2.45, 2.75) is 0 Å². The molecule has 6 nitrogen and oxygen atoms in total. The van der Waals surface area contributed by atoms with Gasteiger partial charge in [0, 0.05) is 18.7 Å². The summed E-state index contributed by atoms with van der Waals surface area (Å²) in [6, 6.07) is 3.10. The third kappa shape index (κ3) is 2.19. The molecule has 0 fully saturated rings. The average Bonchev–Trinajstić information content (AvgIpc) is 2.65. The lowest BCUT2D eigenvalue weighted by atomic mass is 10.1. The predicted octanol–water partition coefficient (Wildman–Crippen LogP) is 2.60. The smallest absolute Gasteiger partial charge is 0.272 e. The number of nitro groups is 1. The first-order valence-corrected chi connectivity index (χ1v) is 5.45. The highest BCUT2D eigenvalue weighted by Gasteiger charge is 2.20. The molecule has 0 radical (unpaired) electrons. The molecule has 0 aliphatic rings. The van der Waals surface area contributed by atoms with E-state index in [0.29, 0.717) is 6.29 Å². The second kappa shape index (κ2) is 4.77.